The highest BCUT2D eigenvalue weighted by Crippen LogP contribution is 2.27. The van der Waals surface area contributed by atoms with E-state index in [9.17, 15) is 4.79 Å². The van der Waals surface area contributed by atoms with Crippen LogP contribution >= 0.6 is 0 Å². The molecule has 5 nitrogen and oxygen atoms in total. The summed E-state index contributed by atoms with van der Waals surface area (Å²) in [5.74, 6) is 1.19. The summed E-state index contributed by atoms with van der Waals surface area (Å²) in [6.45, 7) is 1.69. The van der Waals surface area contributed by atoms with Gasteiger partial charge in [-0.2, -0.15) is 0 Å². The maximum Gasteiger partial charge on any atom is 0.312 e. The van der Waals surface area contributed by atoms with Gasteiger partial charge in [0.1, 0.15) is 18.1 Å². The number of carbonyl (C=O) groups excluding carboxylic acids is 1. The van der Waals surface area contributed by atoms with Crippen LogP contribution in [0.2, 0.25) is 0 Å². The van der Waals surface area contributed by atoms with Crippen molar-refractivity contribution in [3.8, 4) is 11.5 Å². The molecule has 0 radical (unpaired) electrons. The molecule has 0 aromatic heterocycles. The normalized spacial score (nSPS) is 17.0. The van der Waals surface area contributed by atoms with Gasteiger partial charge in [0.05, 0.1) is 20.1 Å². The largest absolute Gasteiger partial charge is 0.497 e. The van der Waals surface area contributed by atoms with E-state index in [0.29, 0.717) is 25.6 Å². The van der Waals surface area contributed by atoms with Gasteiger partial charge in [0, 0.05) is 19.3 Å². The lowest BCUT2D eigenvalue weighted by atomic mass is 9.86. The number of benzene rings is 1. The van der Waals surface area contributed by atoms with Gasteiger partial charge in [0.15, 0.2) is 0 Å². The van der Waals surface area contributed by atoms with Crippen LogP contribution in [0.25, 0.3) is 0 Å². The molecule has 0 saturated carbocycles. The van der Waals surface area contributed by atoms with E-state index in [2.05, 4.69) is 0 Å². The predicted molar refractivity (Wildman–Crippen MR) is 77.5 cm³/mol. The highest BCUT2D eigenvalue weighted by Gasteiger charge is 2.31. The first-order chi connectivity index (χ1) is 10.2. The summed E-state index contributed by atoms with van der Waals surface area (Å²) >= 11 is 0. The van der Waals surface area contributed by atoms with Crippen molar-refractivity contribution < 1.29 is 23.7 Å². The summed E-state index contributed by atoms with van der Waals surface area (Å²) in [5.41, 5.74) is 0. The first-order valence-electron chi connectivity index (χ1n) is 7.17. The zero-order valence-corrected chi connectivity index (χ0v) is 12.5. The lowest BCUT2D eigenvalue weighted by Gasteiger charge is -2.28. The molecule has 1 aliphatic heterocycles. The number of ether oxygens (including phenoxy) is 4. The summed E-state index contributed by atoms with van der Waals surface area (Å²) in [4.78, 5) is 12.0. The van der Waals surface area contributed by atoms with Gasteiger partial charge < -0.3 is 18.9 Å². The quantitative estimate of drug-likeness (QED) is 0.753. The molecule has 2 rings (SSSR count). The molecule has 0 aliphatic carbocycles. The highest BCUT2D eigenvalue weighted by molar-refractivity contribution is 5.72. The predicted octanol–water partition coefficient (Wildman–Crippen LogP) is 2.29. The van der Waals surface area contributed by atoms with Gasteiger partial charge in [-0.05, 0) is 30.9 Å². The van der Waals surface area contributed by atoms with E-state index in [-0.39, 0.29) is 17.8 Å². The molecule has 21 heavy (non-hydrogen) atoms. The SMILES string of the molecule is COC(=O)C(COc1cccc(OC)c1)C1CCOCC1. The first-order valence-corrected chi connectivity index (χ1v) is 7.17. The molecule has 1 aliphatic rings. The second kappa shape index (κ2) is 7.88. The topological polar surface area (TPSA) is 54.0 Å². The molecular formula is C16H22O5. The van der Waals surface area contributed by atoms with Crippen molar-refractivity contribution >= 4 is 5.97 Å². The van der Waals surface area contributed by atoms with Crippen LogP contribution in [0, 0.1) is 11.8 Å². The number of carbonyl (C=O) groups is 1. The zero-order valence-electron chi connectivity index (χ0n) is 12.5. The molecule has 1 atom stereocenters. The molecule has 5 heteroatoms. The van der Waals surface area contributed by atoms with Gasteiger partial charge in [-0.3, -0.25) is 4.79 Å². The Morgan fingerprint density at radius 3 is 2.67 bits per heavy atom. The Morgan fingerprint density at radius 2 is 2.00 bits per heavy atom. The maximum absolute atomic E-state index is 12.0. The third-order valence-electron chi connectivity index (χ3n) is 3.81. The average Bonchev–Trinajstić information content (AvgIpc) is 2.56. The third-order valence-corrected chi connectivity index (χ3v) is 3.81. The number of esters is 1. The number of methoxy groups -OCH3 is 2. The van der Waals surface area contributed by atoms with Gasteiger partial charge in [-0.25, -0.2) is 0 Å². The van der Waals surface area contributed by atoms with Gasteiger partial charge >= 0.3 is 5.97 Å². The maximum atomic E-state index is 12.0. The van der Waals surface area contributed by atoms with E-state index < -0.39 is 0 Å². The molecule has 1 aromatic rings. The van der Waals surface area contributed by atoms with E-state index in [1.54, 1.807) is 13.2 Å². The van der Waals surface area contributed by atoms with Crippen LogP contribution in [-0.4, -0.2) is 40.0 Å². The van der Waals surface area contributed by atoms with Gasteiger partial charge in [-0.15, -0.1) is 0 Å². The Labute approximate surface area is 125 Å². The highest BCUT2D eigenvalue weighted by atomic mass is 16.5. The van der Waals surface area contributed by atoms with E-state index in [1.165, 1.54) is 7.11 Å². The smallest absolute Gasteiger partial charge is 0.312 e. The van der Waals surface area contributed by atoms with Crippen molar-refractivity contribution in [2.45, 2.75) is 12.8 Å². The molecule has 0 spiro atoms. The van der Waals surface area contributed by atoms with Crippen LogP contribution in [0.15, 0.2) is 24.3 Å². The standard InChI is InChI=1S/C16H22O5/c1-18-13-4-3-5-14(10-13)21-11-15(16(17)19-2)12-6-8-20-9-7-12/h3-5,10,12,15H,6-9,11H2,1-2H3. The van der Waals surface area contributed by atoms with Gasteiger partial charge in [-0.1, -0.05) is 6.07 Å². The van der Waals surface area contributed by atoms with E-state index in [4.69, 9.17) is 18.9 Å². The second-order valence-electron chi connectivity index (χ2n) is 5.07. The third kappa shape index (κ3) is 4.36. The molecule has 1 fully saturated rings. The molecule has 1 heterocycles. The van der Waals surface area contributed by atoms with Crippen LogP contribution in [0.3, 0.4) is 0 Å². The van der Waals surface area contributed by atoms with Crippen molar-refractivity contribution in [1.29, 1.82) is 0 Å². The minimum atomic E-state index is -0.259. The minimum Gasteiger partial charge on any atom is -0.497 e. The van der Waals surface area contributed by atoms with Crippen LogP contribution in [0.4, 0.5) is 0 Å². The monoisotopic (exact) mass is 294 g/mol. The Balaban J connectivity index is 1.99. The van der Waals surface area contributed by atoms with E-state index in [0.717, 1.165) is 18.6 Å². The fourth-order valence-corrected chi connectivity index (χ4v) is 2.54. The Morgan fingerprint density at radius 1 is 1.29 bits per heavy atom. The fourth-order valence-electron chi connectivity index (χ4n) is 2.54. The summed E-state index contributed by atoms with van der Waals surface area (Å²) in [6, 6.07) is 7.36. The lowest BCUT2D eigenvalue weighted by molar-refractivity contribution is -0.150. The Bertz CT molecular complexity index is 454. The molecule has 0 bridgehead atoms. The minimum absolute atomic E-state index is 0.218. The summed E-state index contributed by atoms with van der Waals surface area (Å²) in [5, 5.41) is 0. The van der Waals surface area contributed by atoms with Crippen molar-refractivity contribution in [2.24, 2.45) is 11.8 Å². The van der Waals surface area contributed by atoms with Crippen LogP contribution in [0.1, 0.15) is 12.8 Å². The van der Waals surface area contributed by atoms with Crippen LogP contribution < -0.4 is 9.47 Å². The Kier molecular flexibility index (Phi) is 5.87. The molecule has 1 saturated heterocycles. The molecule has 1 unspecified atom stereocenters. The average molecular weight is 294 g/mol. The lowest BCUT2D eigenvalue weighted by Crippen LogP contribution is -2.34. The summed E-state index contributed by atoms with van der Waals surface area (Å²) < 4.78 is 21.2. The Hall–Kier alpha value is -1.75. The number of rotatable bonds is 6. The first kappa shape index (κ1) is 15.6. The van der Waals surface area contributed by atoms with Crippen molar-refractivity contribution in [3.63, 3.8) is 0 Å². The summed E-state index contributed by atoms with van der Waals surface area (Å²) in [6.07, 6.45) is 1.72. The molecule has 1 aromatic carbocycles. The second-order valence-corrected chi connectivity index (χ2v) is 5.07. The number of hydrogen-bond acceptors (Lipinski definition) is 5. The zero-order chi connectivity index (χ0) is 15.1. The number of hydrogen-bond donors (Lipinski definition) is 0. The molecular weight excluding hydrogens is 272 g/mol. The van der Waals surface area contributed by atoms with E-state index in [1.807, 2.05) is 18.2 Å². The van der Waals surface area contributed by atoms with Crippen molar-refractivity contribution in [1.82, 2.24) is 0 Å². The van der Waals surface area contributed by atoms with E-state index >= 15 is 0 Å². The fraction of sp³-hybridized carbons (Fsp3) is 0.562. The van der Waals surface area contributed by atoms with Gasteiger partial charge in [0.2, 0.25) is 0 Å². The molecule has 0 amide bonds. The molecule has 116 valence electrons. The van der Waals surface area contributed by atoms with Crippen LogP contribution in [0.5, 0.6) is 11.5 Å². The molecule has 0 N–H and O–H groups in total. The van der Waals surface area contributed by atoms with Gasteiger partial charge in [0.25, 0.3) is 0 Å². The van der Waals surface area contributed by atoms with Crippen molar-refractivity contribution in [3.05, 3.63) is 24.3 Å². The van der Waals surface area contributed by atoms with Crippen molar-refractivity contribution in [2.75, 3.05) is 34.0 Å². The summed E-state index contributed by atoms with van der Waals surface area (Å²) in [7, 11) is 3.03. The van der Waals surface area contributed by atoms with Crippen LogP contribution in [-0.2, 0) is 14.3 Å².